The summed E-state index contributed by atoms with van der Waals surface area (Å²) in [5.74, 6) is 0.763. The van der Waals surface area contributed by atoms with E-state index in [-0.39, 0.29) is 18.4 Å². The van der Waals surface area contributed by atoms with Crippen LogP contribution in [0.4, 0.5) is 18.9 Å². The maximum absolute atomic E-state index is 13.5. The number of halogens is 3. The minimum Gasteiger partial charge on any atom is -0.312 e. The van der Waals surface area contributed by atoms with Gasteiger partial charge in [-0.15, -0.1) is 0 Å². The van der Waals surface area contributed by atoms with E-state index in [1.807, 2.05) is 9.91 Å². The first-order valence-electron chi connectivity index (χ1n) is 12.8. The Morgan fingerprint density at radius 1 is 0.972 bits per heavy atom. The van der Waals surface area contributed by atoms with Crippen molar-refractivity contribution < 1.29 is 22.8 Å². The van der Waals surface area contributed by atoms with Crippen LogP contribution in [0.5, 0.6) is 0 Å². The summed E-state index contributed by atoms with van der Waals surface area (Å²) in [5, 5.41) is 3.61. The summed E-state index contributed by atoms with van der Waals surface area (Å²) in [6, 6.07) is 13.4. The highest BCUT2D eigenvalue weighted by atomic mass is 19.4. The SMILES string of the molecule is CCC(=O)N(Cc1ccc(C(F)(F)F)cc1)N1CCC2(CCN(c3ccc(C4CC4)cc3)C2=O)CC1. The molecule has 1 spiro atoms. The number of rotatable bonds is 6. The summed E-state index contributed by atoms with van der Waals surface area (Å²) in [7, 11) is 0. The number of anilines is 1. The third kappa shape index (κ3) is 4.88. The number of amides is 2. The lowest BCUT2D eigenvalue weighted by molar-refractivity contribution is -0.156. The molecule has 0 aromatic heterocycles. The first-order chi connectivity index (χ1) is 17.2. The van der Waals surface area contributed by atoms with Crippen LogP contribution in [-0.4, -0.2) is 41.5 Å². The van der Waals surface area contributed by atoms with E-state index in [0.717, 1.165) is 24.2 Å². The fraction of sp³-hybridized carbons (Fsp3) is 0.500. The van der Waals surface area contributed by atoms with Crippen LogP contribution in [0.1, 0.15) is 68.1 Å². The number of hydrogen-bond donors (Lipinski definition) is 0. The van der Waals surface area contributed by atoms with E-state index in [1.165, 1.54) is 30.5 Å². The van der Waals surface area contributed by atoms with Crippen LogP contribution in [0.15, 0.2) is 48.5 Å². The van der Waals surface area contributed by atoms with Gasteiger partial charge in [0.25, 0.3) is 0 Å². The van der Waals surface area contributed by atoms with Gasteiger partial charge >= 0.3 is 6.18 Å². The first-order valence-corrected chi connectivity index (χ1v) is 12.8. The highest BCUT2D eigenvalue weighted by Gasteiger charge is 2.49. The molecule has 0 N–H and O–H groups in total. The zero-order valence-corrected chi connectivity index (χ0v) is 20.6. The Bertz CT molecular complexity index is 1100. The normalized spacial score (nSPS) is 20.2. The summed E-state index contributed by atoms with van der Waals surface area (Å²) in [6.45, 7) is 3.82. The maximum atomic E-state index is 13.5. The van der Waals surface area contributed by atoms with Crippen LogP contribution in [-0.2, 0) is 22.3 Å². The first kappa shape index (κ1) is 24.8. The Kier molecular flexibility index (Phi) is 6.57. The lowest BCUT2D eigenvalue weighted by atomic mass is 9.77. The molecule has 3 fully saturated rings. The molecule has 8 heteroatoms. The molecule has 2 heterocycles. The number of nitrogens with zero attached hydrogens (tertiary/aromatic N) is 3. The summed E-state index contributed by atoms with van der Waals surface area (Å²) in [5.41, 5.74) is 1.82. The number of alkyl halides is 3. The van der Waals surface area contributed by atoms with Gasteiger partial charge in [-0.2, -0.15) is 13.2 Å². The Labute approximate surface area is 209 Å². The van der Waals surface area contributed by atoms with Crippen molar-refractivity contribution in [1.82, 2.24) is 10.0 Å². The number of piperidine rings is 1. The Hall–Kier alpha value is -2.87. The van der Waals surface area contributed by atoms with Crippen LogP contribution in [0, 0.1) is 5.41 Å². The molecule has 2 aromatic rings. The molecule has 36 heavy (non-hydrogen) atoms. The van der Waals surface area contributed by atoms with Crippen molar-refractivity contribution >= 4 is 17.5 Å². The third-order valence-electron chi connectivity index (χ3n) is 8.01. The number of benzene rings is 2. The van der Waals surface area contributed by atoms with Crippen LogP contribution in [0.25, 0.3) is 0 Å². The molecule has 2 aromatic carbocycles. The second-order valence-corrected chi connectivity index (χ2v) is 10.3. The molecular formula is C28H32F3N3O2. The molecular weight excluding hydrogens is 467 g/mol. The standard InChI is InChI=1S/C28H32F3N3O2/c1-2-25(35)34(19-20-3-9-23(10-4-20)28(29,30)31)32-16-13-27(14-17-32)15-18-33(26(27)36)24-11-7-22(8-12-24)21-5-6-21/h3-4,7-12,21H,2,5-6,13-19H2,1H3. The van der Waals surface area contributed by atoms with Gasteiger partial charge in [-0.3, -0.25) is 14.6 Å². The Morgan fingerprint density at radius 3 is 2.14 bits per heavy atom. The lowest BCUT2D eigenvalue weighted by Gasteiger charge is -2.43. The molecule has 0 unspecified atom stereocenters. The predicted octanol–water partition coefficient (Wildman–Crippen LogP) is 5.76. The third-order valence-corrected chi connectivity index (χ3v) is 8.01. The Balaban J connectivity index is 1.24. The number of carbonyl (C=O) groups excluding carboxylic acids is 2. The molecule has 0 atom stereocenters. The van der Waals surface area contributed by atoms with Gasteiger partial charge in [0.1, 0.15) is 0 Å². The number of hydrogen-bond acceptors (Lipinski definition) is 3. The van der Waals surface area contributed by atoms with Crippen LogP contribution >= 0.6 is 0 Å². The fourth-order valence-corrected chi connectivity index (χ4v) is 5.54. The van der Waals surface area contributed by atoms with Gasteiger partial charge in [-0.1, -0.05) is 31.2 Å². The topological polar surface area (TPSA) is 43.9 Å². The molecule has 2 amide bonds. The molecule has 0 radical (unpaired) electrons. The van der Waals surface area contributed by atoms with Crippen LogP contribution < -0.4 is 4.90 Å². The van der Waals surface area contributed by atoms with E-state index in [0.29, 0.717) is 50.4 Å². The highest BCUT2D eigenvalue weighted by molar-refractivity contribution is 6.00. The molecule has 1 saturated carbocycles. The maximum Gasteiger partial charge on any atom is 0.416 e. The zero-order valence-electron chi connectivity index (χ0n) is 20.6. The molecule has 192 valence electrons. The van der Waals surface area contributed by atoms with Crippen molar-refractivity contribution in [2.24, 2.45) is 5.41 Å². The van der Waals surface area contributed by atoms with Gasteiger partial charge in [-0.05, 0) is 73.4 Å². The zero-order chi connectivity index (χ0) is 25.5. The van der Waals surface area contributed by atoms with Crippen molar-refractivity contribution in [1.29, 1.82) is 0 Å². The van der Waals surface area contributed by atoms with Gasteiger partial charge < -0.3 is 4.90 Å². The van der Waals surface area contributed by atoms with E-state index in [9.17, 15) is 22.8 Å². The second-order valence-electron chi connectivity index (χ2n) is 10.3. The van der Waals surface area contributed by atoms with Gasteiger partial charge in [0, 0.05) is 31.7 Å². The monoisotopic (exact) mass is 499 g/mol. The lowest BCUT2D eigenvalue weighted by Crippen LogP contribution is -2.53. The fourth-order valence-electron chi connectivity index (χ4n) is 5.54. The van der Waals surface area contributed by atoms with Gasteiger partial charge in [0.15, 0.2) is 0 Å². The van der Waals surface area contributed by atoms with Gasteiger partial charge in [0.05, 0.1) is 17.5 Å². The number of hydrazine groups is 1. The predicted molar refractivity (Wildman–Crippen MR) is 131 cm³/mol. The van der Waals surface area contributed by atoms with E-state index in [4.69, 9.17) is 0 Å². The van der Waals surface area contributed by atoms with Gasteiger partial charge in [0.2, 0.25) is 11.8 Å². The van der Waals surface area contributed by atoms with Crippen molar-refractivity contribution in [3.05, 3.63) is 65.2 Å². The molecule has 1 aliphatic carbocycles. The van der Waals surface area contributed by atoms with E-state index in [2.05, 4.69) is 24.3 Å². The minimum atomic E-state index is -4.39. The minimum absolute atomic E-state index is 0.0824. The average Bonchev–Trinajstić information content (AvgIpc) is 3.68. The smallest absolute Gasteiger partial charge is 0.312 e. The van der Waals surface area contributed by atoms with Crippen molar-refractivity contribution in [3.63, 3.8) is 0 Å². The summed E-state index contributed by atoms with van der Waals surface area (Å²) in [4.78, 5) is 28.2. The van der Waals surface area contributed by atoms with E-state index in [1.54, 1.807) is 11.9 Å². The van der Waals surface area contributed by atoms with E-state index < -0.39 is 17.2 Å². The molecule has 2 aliphatic heterocycles. The van der Waals surface area contributed by atoms with Crippen molar-refractivity contribution in [3.8, 4) is 0 Å². The van der Waals surface area contributed by atoms with Gasteiger partial charge in [-0.25, -0.2) is 5.01 Å². The number of carbonyl (C=O) groups is 2. The van der Waals surface area contributed by atoms with E-state index >= 15 is 0 Å². The average molecular weight is 500 g/mol. The largest absolute Gasteiger partial charge is 0.416 e. The quantitative estimate of drug-likeness (QED) is 0.508. The summed E-state index contributed by atoms with van der Waals surface area (Å²) >= 11 is 0. The molecule has 5 nitrogen and oxygen atoms in total. The van der Waals surface area contributed by atoms with Crippen molar-refractivity contribution in [2.75, 3.05) is 24.5 Å². The highest BCUT2D eigenvalue weighted by Crippen LogP contribution is 2.45. The molecule has 3 aliphatic rings. The second kappa shape index (κ2) is 9.54. The summed E-state index contributed by atoms with van der Waals surface area (Å²) < 4.78 is 38.7. The Morgan fingerprint density at radius 2 is 1.58 bits per heavy atom. The molecule has 5 rings (SSSR count). The molecule has 2 saturated heterocycles. The van der Waals surface area contributed by atoms with Crippen LogP contribution in [0.2, 0.25) is 0 Å². The molecule has 0 bridgehead atoms. The van der Waals surface area contributed by atoms with Crippen molar-refractivity contribution in [2.45, 2.75) is 64.1 Å². The summed E-state index contributed by atoms with van der Waals surface area (Å²) in [6.07, 6.45) is 0.512. The van der Waals surface area contributed by atoms with Crippen LogP contribution in [0.3, 0.4) is 0 Å².